The molecule has 0 radical (unpaired) electrons. The molecule has 0 saturated heterocycles. The summed E-state index contributed by atoms with van der Waals surface area (Å²) in [7, 11) is 0. The minimum atomic E-state index is -0.0847. The summed E-state index contributed by atoms with van der Waals surface area (Å²) in [6, 6.07) is 12.2. The van der Waals surface area contributed by atoms with E-state index in [4.69, 9.17) is 11.6 Å². The van der Waals surface area contributed by atoms with E-state index in [-0.39, 0.29) is 11.7 Å². The summed E-state index contributed by atoms with van der Waals surface area (Å²) in [5.74, 6) is 0.413. The molecule has 114 valence electrons. The van der Waals surface area contributed by atoms with E-state index in [0.717, 1.165) is 5.52 Å². The molecule has 0 unspecified atom stereocenters. The quantitative estimate of drug-likeness (QED) is 0.735. The van der Waals surface area contributed by atoms with Gasteiger partial charge in [-0.1, -0.05) is 11.6 Å². The first-order valence-corrected chi connectivity index (χ1v) is 7.60. The van der Waals surface area contributed by atoms with E-state index < -0.39 is 0 Å². The Bertz CT molecular complexity index is 944. The number of hydrogen-bond acceptors (Lipinski definition) is 3. The lowest BCUT2D eigenvalue weighted by Crippen LogP contribution is -2.23. The summed E-state index contributed by atoms with van der Waals surface area (Å²) in [6.45, 7) is 0.599. The first-order chi connectivity index (χ1) is 11.1. The molecule has 2 heterocycles. The highest BCUT2D eigenvalue weighted by atomic mass is 35.5. The second-order valence-electron chi connectivity index (χ2n) is 5.42. The number of rotatable bonds is 2. The van der Waals surface area contributed by atoms with Crippen LogP contribution < -0.4 is 5.32 Å². The molecule has 0 bridgehead atoms. The molecule has 23 heavy (non-hydrogen) atoms. The number of carbonyl (C=O) groups excluding carboxylic acids is 2. The topological polar surface area (TPSA) is 64.0 Å². The number of imidazole rings is 1. The molecule has 4 rings (SSSR count). The van der Waals surface area contributed by atoms with Gasteiger partial charge in [0.15, 0.2) is 5.78 Å². The van der Waals surface area contributed by atoms with E-state index in [9.17, 15) is 9.59 Å². The van der Waals surface area contributed by atoms with Crippen LogP contribution in [-0.2, 0) is 11.3 Å². The summed E-state index contributed by atoms with van der Waals surface area (Å²) < 4.78 is 1.95. The number of ketones is 1. The van der Waals surface area contributed by atoms with Gasteiger partial charge in [-0.05, 0) is 42.5 Å². The molecule has 1 amide bonds. The van der Waals surface area contributed by atoms with Gasteiger partial charge in [-0.25, -0.2) is 4.98 Å². The van der Waals surface area contributed by atoms with Crippen LogP contribution in [0, 0.1) is 0 Å². The van der Waals surface area contributed by atoms with Gasteiger partial charge >= 0.3 is 0 Å². The fraction of sp³-hybridized carbons (Fsp3) is 0.118. The first-order valence-electron chi connectivity index (χ1n) is 7.22. The maximum absolute atomic E-state index is 12.5. The van der Waals surface area contributed by atoms with Gasteiger partial charge in [-0.3, -0.25) is 14.9 Å². The Balaban J connectivity index is 1.76. The highest BCUT2D eigenvalue weighted by Crippen LogP contribution is 2.25. The van der Waals surface area contributed by atoms with E-state index in [1.54, 1.807) is 36.4 Å². The number of nitrogens with one attached hydrogen (secondary N) is 1. The van der Waals surface area contributed by atoms with Crippen molar-refractivity contribution in [2.45, 2.75) is 13.0 Å². The van der Waals surface area contributed by atoms with Crippen molar-refractivity contribution >= 4 is 40.3 Å². The predicted molar refractivity (Wildman–Crippen MR) is 87.9 cm³/mol. The zero-order valence-electron chi connectivity index (χ0n) is 12.0. The van der Waals surface area contributed by atoms with Gasteiger partial charge in [0, 0.05) is 29.1 Å². The van der Waals surface area contributed by atoms with Crippen LogP contribution in [0.25, 0.3) is 11.0 Å². The van der Waals surface area contributed by atoms with Crippen molar-refractivity contribution < 1.29 is 9.59 Å². The molecule has 1 N–H and O–H groups in total. The number of amides is 1. The van der Waals surface area contributed by atoms with Gasteiger partial charge in [0.05, 0.1) is 11.0 Å². The monoisotopic (exact) mass is 325 g/mol. The third-order valence-electron chi connectivity index (χ3n) is 3.93. The van der Waals surface area contributed by atoms with Crippen LogP contribution in [0.5, 0.6) is 0 Å². The number of nitrogens with zero attached hydrogens (tertiary/aromatic N) is 2. The van der Waals surface area contributed by atoms with Gasteiger partial charge in [0.2, 0.25) is 11.9 Å². The van der Waals surface area contributed by atoms with E-state index in [2.05, 4.69) is 10.3 Å². The lowest BCUT2D eigenvalue weighted by molar-refractivity contribution is -0.116. The molecule has 1 aliphatic rings. The van der Waals surface area contributed by atoms with E-state index in [1.807, 2.05) is 10.6 Å². The average Bonchev–Trinajstić information content (AvgIpc) is 2.91. The molecule has 0 atom stereocenters. The third kappa shape index (κ3) is 2.39. The maximum atomic E-state index is 12.5. The molecule has 1 aromatic heterocycles. The third-order valence-corrected chi connectivity index (χ3v) is 4.18. The number of anilines is 1. The zero-order valence-corrected chi connectivity index (χ0v) is 12.8. The highest BCUT2D eigenvalue weighted by Gasteiger charge is 2.20. The number of fused-ring (bicyclic) bond motifs is 3. The second-order valence-corrected chi connectivity index (χ2v) is 5.86. The van der Waals surface area contributed by atoms with Gasteiger partial charge in [-0.15, -0.1) is 0 Å². The molecule has 3 aromatic rings. The van der Waals surface area contributed by atoms with Crippen molar-refractivity contribution in [3.8, 4) is 0 Å². The summed E-state index contributed by atoms with van der Waals surface area (Å²) in [4.78, 5) is 28.4. The normalized spacial score (nSPS) is 13.7. The molecule has 0 aliphatic carbocycles. The zero-order chi connectivity index (χ0) is 16.0. The van der Waals surface area contributed by atoms with Gasteiger partial charge < -0.3 is 4.57 Å². The molecule has 1 aliphatic heterocycles. The standard InChI is InChI=1S/C17H12ClN3O2/c18-12-4-1-10(2-5-12)16(23)11-3-6-14-13(9-11)19-17-20-15(22)7-8-21(14)17/h1-6,9H,7-8H2,(H,19,20,22). The fourth-order valence-electron chi connectivity index (χ4n) is 2.76. The fourth-order valence-corrected chi connectivity index (χ4v) is 2.89. The lowest BCUT2D eigenvalue weighted by atomic mass is 10.0. The van der Waals surface area contributed by atoms with E-state index in [1.165, 1.54) is 0 Å². The van der Waals surface area contributed by atoms with Crippen molar-refractivity contribution in [2.24, 2.45) is 0 Å². The Hall–Kier alpha value is -2.66. The molecule has 2 aromatic carbocycles. The lowest BCUT2D eigenvalue weighted by Gasteiger charge is -2.14. The van der Waals surface area contributed by atoms with Crippen molar-refractivity contribution in [2.75, 3.05) is 5.32 Å². The molecule has 6 heteroatoms. The van der Waals surface area contributed by atoms with Crippen molar-refractivity contribution in [1.29, 1.82) is 0 Å². The Morgan fingerprint density at radius 1 is 1.13 bits per heavy atom. The predicted octanol–water partition coefficient (Wildman–Crippen LogP) is 3.26. The average molecular weight is 326 g/mol. The van der Waals surface area contributed by atoms with Crippen molar-refractivity contribution in [3.05, 3.63) is 58.6 Å². The Labute approximate surface area is 136 Å². The smallest absolute Gasteiger partial charge is 0.228 e. The number of hydrogen-bond donors (Lipinski definition) is 1. The van der Waals surface area contributed by atoms with Crippen LogP contribution in [0.15, 0.2) is 42.5 Å². The second kappa shape index (κ2) is 5.21. The van der Waals surface area contributed by atoms with E-state index >= 15 is 0 Å². The van der Waals surface area contributed by atoms with Crippen LogP contribution in [0.4, 0.5) is 5.95 Å². The van der Waals surface area contributed by atoms with Crippen molar-refractivity contribution in [3.63, 3.8) is 0 Å². The molecule has 0 spiro atoms. The van der Waals surface area contributed by atoms with E-state index in [0.29, 0.717) is 40.6 Å². The number of aryl methyl sites for hydroxylation is 1. The largest absolute Gasteiger partial charge is 0.309 e. The minimum absolute atomic E-state index is 0.0368. The molecule has 0 fully saturated rings. The summed E-state index contributed by atoms with van der Waals surface area (Å²) in [5, 5.41) is 3.34. The van der Waals surface area contributed by atoms with Crippen LogP contribution in [0.1, 0.15) is 22.3 Å². The number of aromatic nitrogens is 2. The Morgan fingerprint density at radius 2 is 1.87 bits per heavy atom. The highest BCUT2D eigenvalue weighted by molar-refractivity contribution is 6.30. The molecular formula is C17H12ClN3O2. The Kier molecular flexibility index (Phi) is 3.16. The molecular weight excluding hydrogens is 314 g/mol. The van der Waals surface area contributed by atoms with Gasteiger partial charge in [0.1, 0.15) is 0 Å². The maximum Gasteiger partial charge on any atom is 0.228 e. The number of halogens is 1. The first kappa shape index (κ1) is 14.0. The molecule has 5 nitrogen and oxygen atoms in total. The van der Waals surface area contributed by atoms with Crippen LogP contribution in [0.2, 0.25) is 5.02 Å². The van der Waals surface area contributed by atoms with Gasteiger partial charge in [-0.2, -0.15) is 0 Å². The minimum Gasteiger partial charge on any atom is -0.309 e. The van der Waals surface area contributed by atoms with Crippen LogP contribution in [-0.4, -0.2) is 21.2 Å². The van der Waals surface area contributed by atoms with Crippen molar-refractivity contribution in [1.82, 2.24) is 9.55 Å². The van der Waals surface area contributed by atoms with Gasteiger partial charge in [0.25, 0.3) is 0 Å². The van der Waals surface area contributed by atoms with Crippen LogP contribution >= 0.6 is 11.6 Å². The summed E-state index contributed by atoms with van der Waals surface area (Å²) in [5.41, 5.74) is 2.74. The Morgan fingerprint density at radius 3 is 2.65 bits per heavy atom. The molecule has 0 saturated carbocycles. The summed E-state index contributed by atoms with van der Waals surface area (Å²) >= 11 is 5.85. The van der Waals surface area contributed by atoms with Crippen LogP contribution in [0.3, 0.4) is 0 Å². The number of benzene rings is 2. The summed E-state index contributed by atoms with van der Waals surface area (Å²) in [6.07, 6.45) is 0.434. The number of carbonyl (C=O) groups is 2. The SMILES string of the molecule is O=C1CCn2c(nc3cc(C(=O)c4ccc(Cl)cc4)ccc32)N1.